The fourth-order valence-electron chi connectivity index (χ4n) is 1.54. The number of nitrogens with zero attached hydrogens (tertiary/aromatic N) is 5. The van der Waals surface area contributed by atoms with Gasteiger partial charge in [-0.25, -0.2) is 0 Å². The summed E-state index contributed by atoms with van der Waals surface area (Å²) in [6, 6.07) is 7.03. The van der Waals surface area contributed by atoms with Gasteiger partial charge in [0.1, 0.15) is 6.54 Å². The van der Waals surface area contributed by atoms with Crippen LogP contribution in [0.5, 0.6) is 0 Å². The van der Waals surface area contributed by atoms with Crippen molar-refractivity contribution < 1.29 is 9.90 Å². The lowest BCUT2D eigenvalue weighted by Gasteiger charge is -2.14. The molecule has 0 aliphatic heterocycles. The van der Waals surface area contributed by atoms with Crippen molar-refractivity contribution >= 4 is 17.5 Å². The molecule has 20 heavy (non-hydrogen) atoms. The average molecular weight is 296 g/mol. The van der Waals surface area contributed by atoms with Gasteiger partial charge in [0, 0.05) is 24.2 Å². The number of tetrazole rings is 1. The summed E-state index contributed by atoms with van der Waals surface area (Å²) in [6.07, 6.45) is 0. The molecule has 1 aromatic carbocycles. The van der Waals surface area contributed by atoms with E-state index < -0.39 is 0 Å². The Morgan fingerprint density at radius 3 is 2.75 bits per heavy atom. The van der Waals surface area contributed by atoms with Gasteiger partial charge in [-0.05, 0) is 29.5 Å². The number of halogens is 1. The molecule has 0 aliphatic carbocycles. The first-order valence-corrected chi connectivity index (χ1v) is 6.36. The first kappa shape index (κ1) is 14.4. The second kappa shape index (κ2) is 6.44. The lowest BCUT2D eigenvalue weighted by Crippen LogP contribution is -2.33. The monoisotopic (exact) mass is 295 g/mol. The van der Waals surface area contributed by atoms with E-state index in [2.05, 4.69) is 15.4 Å². The molecule has 2 aromatic rings. The Morgan fingerprint density at radius 2 is 2.10 bits per heavy atom. The summed E-state index contributed by atoms with van der Waals surface area (Å²) in [5.41, 5.74) is 0.775. The molecule has 0 unspecified atom stereocenters. The van der Waals surface area contributed by atoms with Gasteiger partial charge < -0.3 is 10.0 Å². The SMILES string of the molecule is CN(CCO)C(=O)Cn1nnc(-c2ccc(Cl)cc2)n1. The highest BCUT2D eigenvalue weighted by Crippen LogP contribution is 2.16. The number of aromatic nitrogens is 4. The van der Waals surface area contributed by atoms with Crippen molar-refractivity contribution in [2.75, 3.05) is 20.2 Å². The Labute approximate surface area is 120 Å². The minimum absolute atomic E-state index is 0.0168. The largest absolute Gasteiger partial charge is 0.395 e. The van der Waals surface area contributed by atoms with Gasteiger partial charge in [0.05, 0.1) is 6.61 Å². The number of likely N-dealkylation sites (N-methyl/N-ethyl adjacent to an activating group) is 1. The Morgan fingerprint density at radius 1 is 1.40 bits per heavy atom. The van der Waals surface area contributed by atoms with Crippen LogP contribution in [0.15, 0.2) is 24.3 Å². The van der Waals surface area contributed by atoms with Crippen LogP contribution in [0.4, 0.5) is 0 Å². The van der Waals surface area contributed by atoms with Crippen LogP contribution in [0.25, 0.3) is 11.4 Å². The van der Waals surface area contributed by atoms with E-state index in [0.717, 1.165) is 5.56 Å². The van der Waals surface area contributed by atoms with E-state index in [4.69, 9.17) is 16.7 Å². The van der Waals surface area contributed by atoms with Crippen molar-refractivity contribution in [2.45, 2.75) is 6.54 Å². The van der Waals surface area contributed by atoms with E-state index >= 15 is 0 Å². The Kier molecular flexibility index (Phi) is 4.65. The van der Waals surface area contributed by atoms with Crippen molar-refractivity contribution in [1.82, 2.24) is 25.1 Å². The van der Waals surface area contributed by atoms with Gasteiger partial charge in [-0.3, -0.25) is 4.79 Å². The van der Waals surface area contributed by atoms with E-state index in [0.29, 0.717) is 10.8 Å². The van der Waals surface area contributed by atoms with Crippen molar-refractivity contribution in [3.05, 3.63) is 29.3 Å². The van der Waals surface area contributed by atoms with Gasteiger partial charge in [0.15, 0.2) is 0 Å². The lowest BCUT2D eigenvalue weighted by molar-refractivity contribution is -0.131. The number of carbonyl (C=O) groups excluding carboxylic acids is 1. The molecule has 2 rings (SSSR count). The maximum Gasteiger partial charge on any atom is 0.246 e. The second-order valence-corrected chi connectivity index (χ2v) is 4.63. The quantitative estimate of drug-likeness (QED) is 0.865. The van der Waals surface area contributed by atoms with E-state index in [1.165, 1.54) is 9.70 Å². The van der Waals surface area contributed by atoms with Crippen molar-refractivity contribution in [1.29, 1.82) is 0 Å². The number of rotatable bonds is 5. The first-order valence-electron chi connectivity index (χ1n) is 5.98. The zero-order chi connectivity index (χ0) is 14.5. The van der Waals surface area contributed by atoms with Crippen LogP contribution < -0.4 is 0 Å². The predicted octanol–water partition coefficient (Wildman–Crippen LogP) is 0.444. The summed E-state index contributed by atoms with van der Waals surface area (Å²) in [5, 5.41) is 21.3. The van der Waals surface area contributed by atoms with E-state index in [1.54, 1.807) is 31.3 Å². The van der Waals surface area contributed by atoms with Crippen LogP contribution in [-0.2, 0) is 11.3 Å². The highest BCUT2D eigenvalue weighted by molar-refractivity contribution is 6.30. The van der Waals surface area contributed by atoms with Crippen LogP contribution in [0.2, 0.25) is 5.02 Å². The molecule has 0 aliphatic rings. The summed E-state index contributed by atoms with van der Waals surface area (Å²) in [6.45, 7) is 0.178. The highest BCUT2D eigenvalue weighted by Gasteiger charge is 2.12. The third-order valence-corrected chi connectivity index (χ3v) is 2.95. The van der Waals surface area contributed by atoms with Gasteiger partial charge in [-0.15, -0.1) is 10.2 Å². The molecule has 7 nitrogen and oxygen atoms in total. The number of carbonyl (C=O) groups is 1. The molecule has 0 saturated heterocycles. The number of aliphatic hydroxyl groups excluding tert-OH is 1. The second-order valence-electron chi connectivity index (χ2n) is 4.19. The molecule has 0 bridgehead atoms. The van der Waals surface area contributed by atoms with E-state index in [-0.39, 0.29) is 25.6 Å². The van der Waals surface area contributed by atoms with Gasteiger partial charge in [0.25, 0.3) is 0 Å². The smallest absolute Gasteiger partial charge is 0.246 e. The van der Waals surface area contributed by atoms with Gasteiger partial charge in [-0.1, -0.05) is 11.6 Å². The van der Waals surface area contributed by atoms with Crippen LogP contribution in [0.3, 0.4) is 0 Å². The minimum Gasteiger partial charge on any atom is -0.395 e. The molecule has 106 valence electrons. The summed E-state index contributed by atoms with van der Waals surface area (Å²) in [7, 11) is 1.61. The number of aliphatic hydroxyl groups is 1. The third-order valence-electron chi connectivity index (χ3n) is 2.69. The maximum absolute atomic E-state index is 11.8. The van der Waals surface area contributed by atoms with Crippen molar-refractivity contribution in [2.24, 2.45) is 0 Å². The first-order chi connectivity index (χ1) is 9.60. The molecule has 1 N–H and O–H groups in total. The van der Waals surface area contributed by atoms with Crippen molar-refractivity contribution in [3.8, 4) is 11.4 Å². The number of amides is 1. The summed E-state index contributed by atoms with van der Waals surface area (Å²) < 4.78 is 0. The lowest BCUT2D eigenvalue weighted by atomic mass is 10.2. The molecule has 1 heterocycles. The third kappa shape index (κ3) is 3.52. The Balaban J connectivity index is 2.05. The molecule has 0 spiro atoms. The minimum atomic E-state index is -0.195. The Bertz CT molecular complexity index is 584. The van der Waals surface area contributed by atoms with Crippen LogP contribution in [-0.4, -0.2) is 56.3 Å². The van der Waals surface area contributed by atoms with Crippen LogP contribution in [0.1, 0.15) is 0 Å². The van der Waals surface area contributed by atoms with E-state index in [9.17, 15) is 4.79 Å². The molecular formula is C12H14ClN5O2. The number of hydrogen-bond acceptors (Lipinski definition) is 5. The van der Waals surface area contributed by atoms with Gasteiger partial charge in [-0.2, -0.15) is 4.80 Å². The summed E-state index contributed by atoms with van der Waals surface area (Å²) in [5.74, 6) is 0.235. The summed E-state index contributed by atoms with van der Waals surface area (Å²) >= 11 is 5.81. The van der Waals surface area contributed by atoms with Crippen LogP contribution >= 0.6 is 11.6 Å². The van der Waals surface area contributed by atoms with E-state index in [1.807, 2.05) is 0 Å². The van der Waals surface area contributed by atoms with Crippen molar-refractivity contribution in [3.63, 3.8) is 0 Å². The molecule has 0 radical (unpaired) electrons. The fourth-order valence-corrected chi connectivity index (χ4v) is 1.67. The molecule has 0 saturated carbocycles. The highest BCUT2D eigenvalue weighted by atomic mass is 35.5. The molecule has 1 aromatic heterocycles. The summed E-state index contributed by atoms with van der Waals surface area (Å²) in [4.78, 5) is 14.4. The molecule has 0 fully saturated rings. The van der Waals surface area contributed by atoms with Gasteiger partial charge >= 0.3 is 0 Å². The zero-order valence-corrected chi connectivity index (χ0v) is 11.7. The van der Waals surface area contributed by atoms with Gasteiger partial charge in [0.2, 0.25) is 11.7 Å². The molecule has 0 atom stereocenters. The average Bonchev–Trinajstić information content (AvgIpc) is 2.88. The standard InChI is InChI=1S/C12H14ClN5O2/c1-17(6-7-19)11(20)8-18-15-12(14-16-18)9-2-4-10(13)5-3-9/h2-5,19H,6-8H2,1H3. The maximum atomic E-state index is 11.8. The Hall–Kier alpha value is -1.99. The molecule has 8 heteroatoms. The fraction of sp³-hybridized carbons (Fsp3) is 0.333. The number of hydrogen-bond donors (Lipinski definition) is 1. The zero-order valence-electron chi connectivity index (χ0n) is 10.9. The number of benzene rings is 1. The molecule has 1 amide bonds. The topological polar surface area (TPSA) is 84.1 Å². The van der Waals surface area contributed by atoms with Crippen LogP contribution in [0, 0.1) is 0 Å². The predicted molar refractivity (Wildman–Crippen MR) is 73.0 cm³/mol. The molecular weight excluding hydrogens is 282 g/mol. The normalized spacial score (nSPS) is 10.6.